The molecule has 1 heterocycles. The lowest BCUT2D eigenvalue weighted by molar-refractivity contribution is 0.457. The van der Waals surface area contributed by atoms with Crippen LogP contribution in [0.15, 0.2) is 42.6 Å². The van der Waals surface area contributed by atoms with Gasteiger partial charge in [0.05, 0.1) is 0 Å². The summed E-state index contributed by atoms with van der Waals surface area (Å²) in [4.78, 5) is 4.27. The smallest absolute Gasteiger partial charge is 0.219 e. The van der Waals surface area contributed by atoms with Crippen LogP contribution >= 0.6 is 0 Å². The molecule has 0 amide bonds. The summed E-state index contributed by atoms with van der Waals surface area (Å²) in [6.07, 6.45) is 2.70. The number of pyridine rings is 1. The monoisotopic (exact) mass is 242 g/mol. The molecule has 0 aliphatic rings. The van der Waals surface area contributed by atoms with Gasteiger partial charge in [-0.3, -0.25) is 0 Å². The first-order valence-electron chi connectivity index (χ1n) is 6.18. The van der Waals surface area contributed by atoms with Gasteiger partial charge in [-0.05, 0) is 30.5 Å². The summed E-state index contributed by atoms with van der Waals surface area (Å²) < 4.78 is 5.78. The first-order chi connectivity index (χ1) is 8.70. The van der Waals surface area contributed by atoms with Crippen LogP contribution in [0, 0.1) is 0 Å². The topological polar surface area (TPSA) is 48.1 Å². The molecule has 0 saturated heterocycles. The predicted octanol–water partition coefficient (Wildman–Crippen LogP) is 3.46. The van der Waals surface area contributed by atoms with Crippen LogP contribution in [0.4, 0.5) is 0 Å². The van der Waals surface area contributed by atoms with Gasteiger partial charge in [-0.15, -0.1) is 0 Å². The maximum Gasteiger partial charge on any atom is 0.219 e. The number of hydrogen-bond acceptors (Lipinski definition) is 3. The van der Waals surface area contributed by atoms with Gasteiger partial charge < -0.3 is 10.5 Å². The second-order valence-corrected chi connectivity index (χ2v) is 4.28. The van der Waals surface area contributed by atoms with Crippen LogP contribution in [0.5, 0.6) is 11.6 Å². The van der Waals surface area contributed by atoms with Crippen LogP contribution in [-0.2, 0) is 6.42 Å². The van der Waals surface area contributed by atoms with Crippen molar-refractivity contribution >= 4 is 0 Å². The van der Waals surface area contributed by atoms with Crippen molar-refractivity contribution in [3.05, 3.63) is 53.7 Å². The van der Waals surface area contributed by atoms with Crippen molar-refractivity contribution in [2.24, 2.45) is 5.73 Å². The number of aromatic nitrogens is 1. The first-order valence-corrected chi connectivity index (χ1v) is 6.18. The lowest BCUT2D eigenvalue weighted by Crippen LogP contribution is -2.05. The standard InChI is InChI=1S/C15H18N2O/c1-3-12-6-4-5-7-14(12)18-15-9-8-13(10-17-15)11(2)16/h4-11H,3,16H2,1-2H3/t11-/m0/s1. The van der Waals surface area contributed by atoms with Crippen molar-refractivity contribution in [1.82, 2.24) is 4.98 Å². The van der Waals surface area contributed by atoms with Crippen molar-refractivity contribution in [3.63, 3.8) is 0 Å². The lowest BCUT2D eigenvalue weighted by Gasteiger charge is -2.10. The fourth-order valence-electron chi connectivity index (χ4n) is 1.73. The highest BCUT2D eigenvalue weighted by Gasteiger charge is 2.04. The van der Waals surface area contributed by atoms with Crippen molar-refractivity contribution in [2.45, 2.75) is 26.3 Å². The van der Waals surface area contributed by atoms with Gasteiger partial charge in [-0.1, -0.05) is 31.2 Å². The number of nitrogens with two attached hydrogens (primary N) is 1. The van der Waals surface area contributed by atoms with E-state index in [0.29, 0.717) is 5.88 Å². The van der Waals surface area contributed by atoms with E-state index < -0.39 is 0 Å². The highest BCUT2D eigenvalue weighted by molar-refractivity contribution is 5.36. The Morgan fingerprint density at radius 1 is 1.22 bits per heavy atom. The highest BCUT2D eigenvalue weighted by atomic mass is 16.5. The average molecular weight is 242 g/mol. The molecule has 3 nitrogen and oxygen atoms in total. The largest absolute Gasteiger partial charge is 0.439 e. The van der Waals surface area contributed by atoms with Gasteiger partial charge in [0, 0.05) is 18.3 Å². The van der Waals surface area contributed by atoms with Crippen LogP contribution < -0.4 is 10.5 Å². The molecule has 94 valence electrons. The maximum absolute atomic E-state index is 5.78. The molecule has 0 bridgehead atoms. The van der Waals surface area contributed by atoms with E-state index >= 15 is 0 Å². The number of benzene rings is 1. The number of hydrogen-bond donors (Lipinski definition) is 1. The van der Waals surface area contributed by atoms with E-state index in [0.717, 1.165) is 17.7 Å². The zero-order valence-electron chi connectivity index (χ0n) is 10.8. The SMILES string of the molecule is CCc1ccccc1Oc1ccc([C@H](C)N)cn1. The Morgan fingerprint density at radius 2 is 2.00 bits per heavy atom. The summed E-state index contributed by atoms with van der Waals surface area (Å²) in [5.41, 5.74) is 7.96. The fourth-order valence-corrected chi connectivity index (χ4v) is 1.73. The molecule has 1 aromatic carbocycles. The molecular formula is C15H18N2O. The second kappa shape index (κ2) is 5.65. The summed E-state index contributed by atoms with van der Waals surface area (Å²) >= 11 is 0. The minimum atomic E-state index is -0.00511. The van der Waals surface area contributed by atoms with Gasteiger partial charge in [-0.2, -0.15) is 0 Å². The molecule has 0 aliphatic heterocycles. The third-order valence-electron chi connectivity index (χ3n) is 2.85. The third kappa shape index (κ3) is 2.87. The van der Waals surface area contributed by atoms with Crippen LogP contribution in [0.25, 0.3) is 0 Å². The Hall–Kier alpha value is -1.87. The number of ether oxygens (including phenoxy) is 1. The zero-order chi connectivity index (χ0) is 13.0. The summed E-state index contributed by atoms with van der Waals surface area (Å²) in [7, 11) is 0. The average Bonchev–Trinajstić information content (AvgIpc) is 2.40. The number of rotatable bonds is 4. The lowest BCUT2D eigenvalue weighted by atomic mass is 10.1. The van der Waals surface area contributed by atoms with E-state index in [1.54, 1.807) is 6.20 Å². The normalized spacial score (nSPS) is 12.2. The molecule has 0 fully saturated rings. The minimum Gasteiger partial charge on any atom is -0.439 e. The van der Waals surface area contributed by atoms with Gasteiger partial charge in [0.15, 0.2) is 0 Å². The van der Waals surface area contributed by atoms with E-state index in [9.17, 15) is 0 Å². The third-order valence-corrected chi connectivity index (χ3v) is 2.85. The minimum absolute atomic E-state index is 0.00511. The molecule has 2 aromatic rings. The summed E-state index contributed by atoms with van der Waals surface area (Å²) in [6, 6.07) is 11.8. The highest BCUT2D eigenvalue weighted by Crippen LogP contribution is 2.24. The Morgan fingerprint density at radius 3 is 2.61 bits per heavy atom. The number of aryl methyl sites for hydroxylation is 1. The van der Waals surface area contributed by atoms with E-state index in [1.165, 1.54) is 5.56 Å². The van der Waals surface area contributed by atoms with Gasteiger partial charge in [0.25, 0.3) is 0 Å². The van der Waals surface area contributed by atoms with Crippen molar-refractivity contribution < 1.29 is 4.74 Å². The number of nitrogens with zero attached hydrogens (tertiary/aromatic N) is 1. The maximum atomic E-state index is 5.78. The predicted molar refractivity (Wildman–Crippen MR) is 72.7 cm³/mol. The summed E-state index contributed by atoms with van der Waals surface area (Å²) in [6.45, 7) is 4.04. The van der Waals surface area contributed by atoms with Crippen LogP contribution in [0.2, 0.25) is 0 Å². The van der Waals surface area contributed by atoms with E-state index in [1.807, 2.05) is 37.3 Å². The van der Waals surface area contributed by atoms with E-state index in [-0.39, 0.29) is 6.04 Å². The molecule has 18 heavy (non-hydrogen) atoms. The van der Waals surface area contributed by atoms with Crippen LogP contribution in [0.1, 0.15) is 31.0 Å². The molecule has 3 heteroatoms. The Labute approximate surface area is 108 Å². The van der Waals surface area contributed by atoms with Crippen LogP contribution in [0.3, 0.4) is 0 Å². The summed E-state index contributed by atoms with van der Waals surface area (Å²) in [5, 5.41) is 0. The molecular weight excluding hydrogens is 224 g/mol. The molecule has 2 N–H and O–H groups in total. The van der Waals surface area contributed by atoms with Gasteiger partial charge in [-0.25, -0.2) is 4.98 Å². The Kier molecular flexibility index (Phi) is 3.95. The molecule has 1 atom stereocenters. The quantitative estimate of drug-likeness (QED) is 0.893. The number of para-hydroxylation sites is 1. The first kappa shape index (κ1) is 12.6. The van der Waals surface area contributed by atoms with Gasteiger partial charge in [0.2, 0.25) is 5.88 Å². The van der Waals surface area contributed by atoms with E-state index in [2.05, 4.69) is 18.0 Å². The Bertz CT molecular complexity index is 506. The summed E-state index contributed by atoms with van der Waals surface area (Å²) in [5.74, 6) is 1.46. The molecule has 0 unspecified atom stereocenters. The molecule has 1 aromatic heterocycles. The molecule has 0 spiro atoms. The second-order valence-electron chi connectivity index (χ2n) is 4.28. The van der Waals surface area contributed by atoms with Crippen LogP contribution in [-0.4, -0.2) is 4.98 Å². The van der Waals surface area contributed by atoms with Crippen molar-refractivity contribution in [3.8, 4) is 11.6 Å². The van der Waals surface area contributed by atoms with Gasteiger partial charge >= 0.3 is 0 Å². The fraction of sp³-hybridized carbons (Fsp3) is 0.267. The molecule has 2 rings (SSSR count). The van der Waals surface area contributed by atoms with E-state index in [4.69, 9.17) is 10.5 Å². The Balaban J connectivity index is 2.18. The van der Waals surface area contributed by atoms with Crippen molar-refractivity contribution in [2.75, 3.05) is 0 Å². The van der Waals surface area contributed by atoms with Gasteiger partial charge in [0.1, 0.15) is 5.75 Å². The van der Waals surface area contributed by atoms with Crippen molar-refractivity contribution in [1.29, 1.82) is 0 Å². The molecule has 0 radical (unpaired) electrons. The zero-order valence-corrected chi connectivity index (χ0v) is 10.8. The molecule has 0 saturated carbocycles. The molecule has 0 aliphatic carbocycles.